The Bertz CT molecular complexity index is 488. The molecule has 0 saturated heterocycles. The van der Waals surface area contributed by atoms with Crippen LogP contribution in [0, 0.1) is 5.41 Å². The highest BCUT2D eigenvalue weighted by Gasteiger charge is 2.38. The zero-order valence-electron chi connectivity index (χ0n) is 14.4. The summed E-state index contributed by atoms with van der Waals surface area (Å²) in [6, 6.07) is 6.35. The van der Waals surface area contributed by atoms with Gasteiger partial charge in [0.1, 0.15) is 5.75 Å². The van der Waals surface area contributed by atoms with Crippen molar-refractivity contribution in [3.63, 3.8) is 0 Å². The standard InChI is InChI=1S/C20H31IO/c1-4-19(2,3)11-5-7-16-9-10-17(18(22)15-16)8-6-12-20(21)13-14-20/h9-10,15,22H,4-8,11-14H2,1-3H3. The van der Waals surface area contributed by atoms with Gasteiger partial charge in [-0.05, 0) is 74.0 Å². The van der Waals surface area contributed by atoms with Crippen molar-refractivity contribution in [1.82, 2.24) is 0 Å². The van der Waals surface area contributed by atoms with E-state index < -0.39 is 0 Å². The van der Waals surface area contributed by atoms with Crippen LogP contribution in [0.5, 0.6) is 5.75 Å². The molecule has 0 aliphatic heterocycles. The predicted octanol–water partition coefficient (Wildman–Crippen LogP) is 6.44. The third-order valence-corrected chi connectivity index (χ3v) is 6.91. The Kier molecular flexibility index (Phi) is 6.21. The first-order valence-corrected chi connectivity index (χ1v) is 9.91. The molecular weight excluding hydrogens is 383 g/mol. The molecule has 1 N–H and O–H groups in total. The molecular formula is C20H31IO. The van der Waals surface area contributed by atoms with Gasteiger partial charge in [-0.1, -0.05) is 61.9 Å². The fourth-order valence-corrected chi connectivity index (χ4v) is 3.56. The second-order valence-corrected chi connectivity index (χ2v) is 10.1. The molecule has 0 heterocycles. The first-order chi connectivity index (χ1) is 10.3. The lowest BCUT2D eigenvalue weighted by atomic mass is 9.84. The number of aromatic hydroxyl groups is 1. The smallest absolute Gasteiger partial charge is 0.119 e. The molecule has 124 valence electrons. The molecule has 1 nitrogen and oxygen atoms in total. The SMILES string of the molecule is CCC(C)(C)CCCc1ccc(CCCC2(I)CC2)c(O)c1. The third kappa shape index (κ3) is 5.75. The molecule has 1 aliphatic carbocycles. The molecule has 1 fully saturated rings. The van der Waals surface area contributed by atoms with Crippen LogP contribution in [0.15, 0.2) is 18.2 Å². The van der Waals surface area contributed by atoms with Crippen LogP contribution in [0.4, 0.5) is 0 Å². The Hall–Kier alpha value is -0.250. The Morgan fingerprint density at radius 3 is 2.50 bits per heavy atom. The largest absolute Gasteiger partial charge is 0.508 e. The number of alkyl halides is 1. The summed E-state index contributed by atoms with van der Waals surface area (Å²) in [6.07, 6.45) is 11.0. The number of hydrogen-bond acceptors (Lipinski definition) is 1. The van der Waals surface area contributed by atoms with Crippen LogP contribution in [0.25, 0.3) is 0 Å². The van der Waals surface area contributed by atoms with E-state index in [0.29, 0.717) is 14.6 Å². The molecule has 0 bridgehead atoms. The van der Waals surface area contributed by atoms with Crippen molar-refractivity contribution < 1.29 is 5.11 Å². The van der Waals surface area contributed by atoms with E-state index in [0.717, 1.165) is 18.4 Å². The summed E-state index contributed by atoms with van der Waals surface area (Å²) in [7, 11) is 0. The highest BCUT2D eigenvalue weighted by molar-refractivity contribution is 14.1. The number of rotatable bonds is 9. The van der Waals surface area contributed by atoms with Crippen molar-refractivity contribution in [2.75, 3.05) is 0 Å². The van der Waals surface area contributed by atoms with E-state index >= 15 is 0 Å². The van der Waals surface area contributed by atoms with Crippen LogP contribution in [0.1, 0.15) is 76.8 Å². The Balaban J connectivity index is 1.78. The van der Waals surface area contributed by atoms with Gasteiger partial charge in [-0.3, -0.25) is 0 Å². The van der Waals surface area contributed by atoms with Crippen LogP contribution in [0.2, 0.25) is 0 Å². The molecule has 0 amide bonds. The van der Waals surface area contributed by atoms with Crippen LogP contribution in [-0.2, 0) is 12.8 Å². The number of hydrogen-bond donors (Lipinski definition) is 1. The van der Waals surface area contributed by atoms with E-state index in [2.05, 4.69) is 55.5 Å². The average molecular weight is 414 g/mol. The summed E-state index contributed by atoms with van der Waals surface area (Å²) in [4.78, 5) is 0. The minimum Gasteiger partial charge on any atom is -0.508 e. The Labute approximate surface area is 150 Å². The summed E-state index contributed by atoms with van der Waals surface area (Å²) in [5.41, 5.74) is 2.85. The normalized spacial score (nSPS) is 16.7. The van der Waals surface area contributed by atoms with Gasteiger partial charge in [-0.25, -0.2) is 0 Å². The maximum atomic E-state index is 10.2. The van der Waals surface area contributed by atoms with Gasteiger partial charge in [-0.15, -0.1) is 0 Å². The van der Waals surface area contributed by atoms with E-state index in [1.807, 2.05) is 6.07 Å². The minimum absolute atomic E-state index is 0.445. The fourth-order valence-electron chi connectivity index (χ4n) is 2.91. The Morgan fingerprint density at radius 1 is 1.18 bits per heavy atom. The highest BCUT2D eigenvalue weighted by atomic mass is 127. The van der Waals surface area contributed by atoms with Gasteiger partial charge in [-0.2, -0.15) is 0 Å². The summed E-state index contributed by atoms with van der Waals surface area (Å²) in [6.45, 7) is 6.95. The van der Waals surface area contributed by atoms with E-state index in [1.54, 1.807) is 0 Å². The van der Waals surface area contributed by atoms with Crippen LogP contribution < -0.4 is 0 Å². The van der Waals surface area contributed by atoms with E-state index in [4.69, 9.17) is 0 Å². The van der Waals surface area contributed by atoms with Crippen LogP contribution >= 0.6 is 22.6 Å². The molecule has 1 aromatic carbocycles. The van der Waals surface area contributed by atoms with Gasteiger partial charge >= 0.3 is 0 Å². The Morgan fingerprint density at radius 2 is 1.91 bits per heavy atom. The number of phenolic OH excluding ortho intramolecular Hbond substituents is 1. The average Bonchev–Trinajstić information content (AvgIpc) is 3.19. The first-order valence-electron chi connectivity index (χ1n) is 8.83. The molecule has 0 atom stereocenters. The summed E-state index contributed by atoms with van der Waals surface area (Å²) >= 11 is 2.61. The van der Waals surface area contributed by atoms with Crippen molar-refractivity contribution in [2.45, 2.75) is 82.0 Å². The summed E-state index contributed by atoms with van der Waals surface area (Å²) in [5.74, 6) is 0.505. The van der Waals surface area contributed by atoms with Crippen molar-refractivity contribution in [2.24, 2.45) is 5.41 Å². The van der Waals surface area contributed by atoms with Crippen molar-refractivity contribution in [1.29, 1.82) is 0 Å². The molecule has 1 aliphatic rings. The van der Waals surface area contributed by atoms with Gasteiger partial charge in [0.2, 0.25) is 0 Å². The van der Waals surface area contributed by atoms with E-state index in [1.165, 1.54) is 50.5 Å². The highest BCUT2D eigenvalue weighted by Crippen LogP contribution is 2.48. The molecule has 0 radical (unpaired) electrons. The lowest BCUT2D eigenvalue weighted by molar-refractivity contribution is 0.313. The number of benzene rings is 1. The number of aryl methyl sites for hydroxylation is 2. The third-order valence-electron chi connectivity index (χ3n) is 5.29. The lowest BCUT2D eigenvalue weighted by Gasteiger charge is -2.22. The summed E-state index contributed by atoms with van der Waals surface area (Å²) in [5, 5.41) is 10.2. The molecule has 1 aromatic rings. The second kappa shape index (κ2) is 7.55. The first kappa shape index (κ1) is 18.1. The molecule has 1 saturated carbocycles. The van der Waals surface area contributed by atoms with Crippen LogP contribution in [-0.4, -0.2) is 8.53 Å². The number of halogens is 1. The zero-order chi connectivity index (χ0) is 16.2. The summed E-state index contributed by atoms with van der Waals surface area (Å²) < 4.78 is 0.597. The number of phenols is 1. The molecule has 2 heteroatoms. The van der Waals surface area contributed by atoms with Crippen LogP contribution in [0.3, 0.4) is 0 Å². The van der Waals surface area contributed by atoms with Crippen molar-refractivity contribution in [3.05, 3.63) is 29.3 Å². The second-order valence-electron chi connectivity index (χ2n) is 7.84. The van der Waals surface area contributed by atoms with Gasteiger partial charge in [0.15, 0.2) is 0 Å². The maximum Gasteiger partial charge on any atom is 0.119 e. The maximum absolute atomic E-state index is 10.2. The molecule has 0 aromatic heterocycles. The van der Waals surface area contributed by atoms with E-state index in [-0.39, 0.29) is 0 Å². The monoisotopic (exact) mass is 414 g/mol. The van der Waals surface area contributed by atoms with Crippen molar-refractivity contribution >= 4 is 22.6 Å². The molecule has 0 spiro atoms. The zero-order valence-corrected chi connectivity index (χ0v) is 16.6. The molecule has 0 unspecified atom stereocenters. The molecule has 22 heavy (non-hydrogen) atoms. The van der Waals surface area contributed by atoms with Gasteiger partial charge < -0.3 is 5.11 Å². The van der Waals surface area contributed by atoms with Gasteiger partial charge in [0.25, 0.3) is 0 Å². The lowest BCUT2D eigenvalue weighted by Crippen LogP contribution is -2.09. The fraction of sp³-hybridized carbons (Fsp3) is 0.700. The molecule has 2 rings (SSSR count). The van der Waals surface area contributed by atoms with Crippen molar-refractivity contribution in [3.8, 4) is 5.75 Å². The van der Waals surface area contributed by atoms with E-state index in [9.17, 15) is 5.11 Å². The van der Waals surface area contributed by atoms with Gasteiger partial charge in [0, 0.05) is 3.42 Å². The topological polar surface area (TPSA) is 20.2 Å². The minimum atomic E-state index is 0.445. The quantitative estimate of drug-likeness (QED) is 0.364. The van der Waals surface area contributed by atoms with Gasteiger partial charge in [0.05, 0.1) is 0 Å². The predicted molar refractivity (Wildman–Crippen MR) is 104 cm³/mol.